The summed E-state index contributed by atoms with van der Waals surface area (Å²) in [4.78, 5) is 14.8. The van der Waals surface area contributed by atoms with Crippen LogP contribution < -0.4 is 19.3 Å². The number of rotatable bonds is 8. The highest BCUT2D eigenvalue weighted by Crippen LogP contribution is 2.53. The van der Waals surface area contributed by atoms with Crippen molar-refractivity contribution in [3.63, 3.8) is 0 Å². The van der Waals surface area contributed by atoms with Crippen LogP contribution in [0, 0.1) is 0 Å². The predicted octanol–water partition coefficient (Wildman–Crippen LogP) is 20.1. The molecule has 0 saturated carbocycles. The highest BCUT2D eigenvalue weighted by molar-refractivity contribution is 7.22. The van der Waals surface area contributed by atoms with Gasteiger partial charge in [0.25, 0.3) is 0 Å². The van der Waals surface area contributed by atoms with Crippen molar-refractivity contribution < 1.29 is 9.47 Å². The monoisotopic (exact) mass is 1010 g/mol. The van der Waals surface area contributed by atoms with E-state index >= 15 is 0 Å². The van der Waals surface area contributed by atoms with E-state index in [9.17, 15) is 0 Å². The van der Waals surface area contributed by atoms with Gasteiger partial charge in [-0.25, -0.2) is 9.97 Å². The normalized spacial score (nSPS) is 12.4. The van der Waals surface area contributed by atoms with Crippen molar-refractivity contribution in [2.75, 3.05) is 9.80 Å². The molecule has 4 heterocycles. The maximum Gasteiger partial charge on any atom is 0.151 e. The van der Waals surface area contributed by atoms with Gasteiger partial charge in [0.15, 0.2) is 23.0 Å². The summed E-state index contributed by atoms with van der Waals surface area (Å²) in [5.74, 6) is 3.28. The standard InChI is InChI=1S/C68H42N4O2S2/c1-11-29-65-55(19-1)69-67(75-65)47-17-13-15-45(39-47)53-41-51(43-31-35-49(36-32-43)71-57-21-3-7-25-61(57)73-62-26-8-4-22-58(62)71)52(42-54(53)46-16-14-18-48(40-46)68-70-56-20-2-12-30-66(56)76-68)44-33-37-50(38-34-44)72-59-23-5-9-27-63(59)74-64-28-10-6-24-60(64)72/h1-42H. The SMILES string of the molecule is c1cc(-c2nc3ccccc3s2)cc(-c2cc(-c3ccc(N4c5ccccc5Oc5ccccc54)cc3)c(-c3ccc(N4c5ccccc5Oc5ccccc54)cc3)cc2-c2cccc(-c3nc4ccccc4s3)c2)c1. The number of benzene rings is 11. The van der Waals surface area contributed by atoms with Crippen molar-refractivity contribution >= 4 is 77.2 Å². The summed E-state index contributed by atoms with van der Waals surface area (Å²) >= 11 is 3.45. The summed E-state index contributed by atoms with van der Waals surface area (Å²) in [6.07, 6.45) is 0. The number of nitrogens with zero attached hydrogens (tertiary/aromatic N) is 4. The van der Waals surface area contributed by atoms with Crippen LogP contribution in [0.2, 0.25) is 0 Å². The first-order valence-electron chi connectivity index (χ1n) is 25.3. The Morgan fingerprint density at radius 2 is 0.605 bits per heavy atom. The summed E-state index contributed by atoms with van der Waals surface area (Å²) in [6, 6.07) is 90.3. The van der Waals surface area contributed by atoms with Gasteiger partial charge in [0.05, 0.1) is 43.2 Å². The van der Waals surface area contributed by atoms with Crippen LogP contribution in [0.25, 0.3) is 86.1 Å². The fraction of sp³-hybridized carbons (Fsp3) is 0. The molecule has 15 rings (SSSR count). The minimum Gasteiger partial charge on any atom is -0.453 e. The first-order chi connectivity index (χ1) is 37.6. The largest absolute Gasteiger partial charge is 0.453 e. The van der Waals surface area contributed by atoms with Crippen LogP contribution in [-0.4, -0.2) is 9.97 Å². The van der Waals surface area contributed by atoms with Crippen molar-refractivity contribution in [1.82, 2.24) is 9.97 Å². The number of thiazole rings is 2. The highest BCUT2D eigenvalue weighted by Gasteiger charge is 2.28. The van der Waals surface area contributed by atoms with Gasteiger partial charge in [0.1, 0.15) is 10.0 Å². The Morgan fingerprint density at radius 3 is 0.987 bits per heavy atom. The Kier molecular flexibility index (Phi) is 10.5. The molecule has 0 unspecified atom stereocenters. The Morgan fingerprint density at radius 1 is 0.276 bits per heavy atom. The molecule has 0 spiro atoms. The Hall–Kier alpha value is -9.60. The number of hydrogen-bond acceptors (Lipinski definition) is 8. The van der Waals surface area contributed by atoms with E-state index in [1.54, 1.807) is 22.7 Å². The fourth-order valence-electron chi connectivity index (χ4n) is 10.7. The number of fused-ring (bicyclic) bond motifs is 6. The van der Waals surface area contributed by atoms with Crippen molar-refractivity contribution in [3.05, 3.63) is 255 Å². The number of anilines is 6. The third-order valence-corrected chi connectivity index (χ3v) is 16.5. The van der Waals surface area contributed by atoms with E-state index in [1.165, 1.54) is 9.40 Å². The van der Waals surface area contributed by atoms with Gasteiger partial charge in [-0.1, -0.05) is 133 Å². The second-order valence-electron chi connectivity index (χ2n) is 18.9. The van der Waals surface area contributed by atoms with Crippen LogP contribution in [0.3, 0.4) is 0 Å². The molecule has 2 aromatic heterocycles. The minimum atomic E-state index is 0.820. The summed E-state index contributed by atoms with van der Waals surface area (Å²) < 4.78 is 15.2. The third kappa shape index (κ3) is 7.61. The summed E-state index contributed by atoms with van der Waals surface area (Å²) in [5, 5.41) is 1.98. The maximum absolute atomic E-state index is 6.41. The molecule has 0 N–H and O–H groups in total. The predicted molar refractivity (Wildman–Crippen MR) is 315 cm³/mol. The number of aromatic nitrogens is 2. The van der Waals surface area contributed by atoms with Crippen molar-refractivity contribution in [2.45, 2.75) is 0 Å². The number of hydrogen-bond donors (Lipinski definition) is 0. The van der Waals surface area contributed by atoms with E-state index in [2.05, 4.69) is 216 Å². The van der Waals surface area contributed by atoms with Gasteiger partial charge in [0, 0.05) is 22.5 Å². The molecule has 0 atom stereocenters. The smallest absolute Gasteiger partial charge is 0.151 e. The van der Waals surface area contributed by atoms with E-state index < -0.39 is 0 Å². The molecule has 8 heteroatoms. The zero-order valence-corrected chi connectivity index (χ0v) is 42.3. The Balaban J connectivity index is 0.931. The molecular weight excluding hydrogens is 969 g/mol. The maximum atomic E-state index is 6.41. The zero-order chi connectivity index (χ0) is 50.1. The molecule has 0 radical (unpaired) electrons. The van der Waals surface area contributed by atoms with Crippen LogP contribution in [0.5, 0.6) is 23.0 Å². The number of ether oxygens (including phenoxy) is 2. The lowest BCUT2D eigenvalue weighted by Gasteiger charge is -2.33. The molecule has 2 aliphatic heterocycles. The summed E-state index contributed by atoms with van der Waals surface area (Å²) in [6.45, 7) is 0. The lowest BCUT2D eigenvalue weighted by atomic mass is 9.85. The third-order valence-electron chi connectivity index (χ3n) is 14.3. The highest BCUT2D eigenvalue weighted by atomic mass is 32.1. The summed E-state index contributed by atoms with van der Waals surface area (Å²) in [5.41, 5.74) is 19.0. The van der Waals surface area contributed by atoms with Gasteiger partial charge >= 0.3 is 0 Å². The molecule has 0 saturated heterocycles. The molecule has 0 aliphatic carbocycles. The van der Waals surface area contributed by atoms with E-state index in [0.717, 1.165) is 134 Å². The molecule has 358 valence electrons. The van der Waals surface area contributed by atoms with Crippen LogP contribution in [-0.2, 0) is 0 Å². The molecular formula is C68H42N4O2S2. The second-order valence-corrected chi connectivity index (χ2v) is 21.0. The first-order valence-corrected chi connectivity index (χ1v) is 26.9. The Labute approximate surface area is 447 Å². The van der Waals surface area contributed by atoms with Gasteiger partial charge in [-0.15, -0.1) is 22.7 Å². The van der Waals surface area contributed by atoms with Crippen molar-refractivity contribution in [1.29, 1.82) is 0 Å². The lowest BCUT2D eigenvalue weighted by molar-refractivity contribution is 0.477. The van der Waals surface area contributed by atoms with E-state index in [1.807, 2.05) is 48.5 Å². The second kappa shape index (κ2) is 18.1. The Bertz CT molecular complexity index is 3950. The van der Waals surface area contributed by atoms with Gasteiger partial charge < -0.3 is 19.3 Å². The zero-order valence-electron chi connectivity index (χ0n) is 40.7. The molecule has 2 aliphatic rings. The average molecular weight is 1010 g/mol. The van der Waals surface area contributed by atoms with E-state index in [4.69, 9.17) is 19.4 Å². The molecule has 0 bridgehead atoms. The van der Waals surface area contributed by atoms with Crippen LogP contribution in [0.4, 0.5) is 34.1 Å². The van der Waals surface area contributed by atoms with E-state index in [-0.39, 0.29) is 0 Å². The minimum absolute atomic E-state index is 0.820. The topological polar surface area (TPSA) is 50.7 Å². The van der Waals surface area contributed by atoms with Gasteiger partial charge in [-0.05, 0) is 166 Å². The van der Waals surface area contributed by atoms with E-state index in [0.29, 0.717) is 0 Å². The molecule has 0 fully saturated rings. The van der Waals surface area contributed by atoms with Crippen LogP contribution in [0.1, 0.15) is 0 Å². The quantitative estimate of drug-likeness (QED) is 0.151. The fourth-order valence-corrected chi connectivity index (χ4v) is 12.7. The van der Waals surface area contributed by atoms with Gasteiger partial charge in [-0.3, -0.25) is 0 Å². The lowest BCUT2D eigenvalue weighted by Crippen LogP contribution is -2.15. The van der Waals surface area contributed by atoms with Crippen LogP contribution >= 0.6 is 22.7 Å². The molecule has 13 aromatic rings. The van der Waals surface area contributed by atoms with Crippen molar-refractivity contribution in [3.8, 4) is 88.6 Å². The molecule has 6 nitrogen and oxygen atoms in total. The first kappa shape index (κ1) is 43.9. The molecule has 0 amide bonds. The summed E-state index contributed by atoms with van der Waals surface area (Å²) in [7, 11) is 0. The van der Waals surface area contributed by atoms with Gasteiger partial charge in [0.2, 0.25) is 0 Å². The average Bonchev–Trinajstić information content (AvgIpc) is 4.18. The molecule has 11 aromatic carbocycles. The van der Waals surface area contributed by atoms with Crippen LogP contribution in [0.15, 0.2) is 255 Å². The number of para-hydroxylation sites is 10. The molecule has 76 heavy (non-hydrogen) atoms. The van der Waals surface area contributed by atoms with Crippen molar-refractivity contribution in [2.24, 2.45) is 0 Å². The van der Waals surface area contributed by atoms with Gasteiger partial charge in [-0.2, -0.15) is 0 Å².